The molecular weight excluding hydrogens is 451 g/mol. The van der Waals surface area contributed by atoms with Crippen molar-refractivity contribution in [3.05, 3.63) is 58.9 Å². The number of hydrogen-bond acceptors (Lipinski definition) is 5. The molecule has 2 amide bonds. The second-order valence-corrected chi connectivity index (χ2v) is 8.68. The van der Waals surface area contributed by atoms with E-state index in [-0.39, 0.29) is 35.6 Å². The molecule has 2 aliphatic rings. The van der Waals surface area contributed by atoms with Gasteiger partial charge in [-0.3, -0.25) is 4.90 Å². The van der Waals surface area contributed by atoms with E-state index in [1.165, 1.54) is 18.9 Å². The van der Waals surface area contributed by atoms with Crippen molar-refractivity contribution < 1.29 is 14.3 Å². The summed E-state index contributed by atoms with van der Waals surface area (Å²) in [4.78, 5) is 32.6. The predicted molar refractivity (Wildman–Crippen MR) is 127 cm³/mol. The first-order chi connectivity index (χ1) is 15.0. The van der Waals surface area contributed by atoms with Gasteiger partial charge in [0.15, 0.2) is 0 Å². The fourth-order valence-corrected chi connectivity index (χ4v) is 5.02. The first-order valence-electron chi connectivity index (χ1n) is 10.6. The summed E-state index contributed by atoms with van der Waals surface area (Å²) in [6.45, 7) is 1.80. The fourth-order valence-electron chi connectivity index (χ4n) is 4.83. The SMILES string of the molecule is COC(=O)c1cc(N2CCN([C@H]3CC[C@@](CN)(c4cccc(Cl)c4)CC3)C2=O)ccn1.Cl. The number of pyridine rings is 1. The van der Waals surface area contributed by atoms with Gasteiger partial charge in [-0.25, -0.2) is 14.6 Å². The number of halogens is 2. The van der Waals surface area contributed by atoms with E-state index in [9.17, 15) is 9.59 Å². The van der Waals surface area contributed by atoms with Gasteiger partial charge in [0.05, 0.1) is 7.11 Å². The Morgan fingerprint density at radius 2 is 2.00 bits per heavy atom. The van der Waals surface area contributed by atoms with Gasteiger partial charge in [-0.05, 0) is 55.5 Å². The molecule has 2 heterocycles. The van der Waals surface area contributed by atoms with Crippen LogP contribution in [0.3, 0.4) is 0 Å². The van der Waals surface area contributed by atoms with Gasteiger partial charge < -0.3 is 15.4 Å². The second kappa shape index (κ2) is 10.1. The molecule has 1 aromatic carbocycles. The van der Waals surface area contributed by atoms with Gasteiger partial charge in [-0.1, -0.05) is 23.7 Å². The van der Waals surface area contributed by atoms with Crippen molar-refractivity contribution in [2.75, 3.05) is 31.6 Å². The molecule has 0 bridgehead atoms. The lowest BCUT2D eigenvalue weighted by Crippen LogP contribution is -2.46. The summed E-state index contributed by atoms with van der Waals surface area (Å²) in [5, 5.41) is 0.724. The van der Waals surface area contributed by atoms with Crippen LogP contribution in [0.2, 0.25) is 5.02 Å². The van der Waals surface area contributed by atoms with Crippen molar-refractivity contribution in [3.63, 3.8) is 0 Å². The summed E-state index contributed by atoms with van der Waals surface area (Å²) in [7, 11) is 1.31. The number of urea groups is 1. The number of rotatable bonds is 5. The maximum atomic E-state index is 13.2. The number of esters is 1. The van der Waals surface area contributed by atoms with Crippen LogP contribution in [0, 0.1) is 0 Å². The Labute approximate surface area is 199 Å². The number of anilines is 1. The monoisotopic (exact) mass is 478 g/mol. The van der Waals surface area contributed by atoms with Crippen LogP contribution in [0.4, 0.5) is 10.5 Å². The predicted octanol–water partition coefficient (Wildman–Crippen LogP) is 4.02. The largest absolute Gasteiger partial charge is 0.464 e. The van der Waals surface area contributed by atoms with Gasteiger partial charge >= 0.3 is 12.0 Å². The third-order valence-corrected chi connectivity index (χ3v) is 6.91. The van der Waals surface area contributed by atoms with Crippen LogP contribution in [-0.2, 0) is 10.2 Å². The second-order valence-electron chi connectivity index (χ2n) is 8.24. The number of amides is 2. The lowest BCUT2D eigenvalue weighted by molar-refractivity contribution is 0.0594. The van der Waals surface area contributed by atoms with Gasteiger partial charge in [0.2, 0.25) is 0 Å². The molecule has 1 saturated heterocycles. The molecule has 1 aromatic heterocycles. The van der Waals surface area contributed by atoms with Gasteiger partial charge in [0.25, 0.3) is 0 Å². The Morgan fingerprint density at radius 1 is 1.25 bits per heavy atom. The summed E-state index contributed by atoms with van der Waals surface area (Å²) in [6.07, 6.45) is 5.15. The number of carbonyl (C=O) groups is 2. The number of nitrogens with zero attached hydrogens (tertiary/aromatic N) is 3. The minimum absolute atomic E-state index is 0. The Balaban J connectivity index is 0.00000289. The molecule has 0 spiro atoms. The van der Waals surface area contributed by atoms with Crippen molar-refractivity contribution in [1.29, 1.82) is 0 Å². The number of aromatic nitrogens is 1. The summed E-state index contributed by atoms with van der Waals surface area (Å²) in [5.74, 6) is -0.517. The lowest BCUT2D eigenvalue weighted by atomic mass is 9.68. The van der Waals surface area contributed by atoms with Gasteiger partial charge in [0, 0.05) is 48.0 Å². The van der Waals surface area contributed by atoms with Crippen molar-refractivity contribution >= 4 is 41.7 Å². The first-order valence-corrected chi connectivity index (χ1v) is 10.9. The molecule has 1 aliphatic carbocycles. The fraction of sp³-hybridized carbons (Fsp3) is 0.435. The molecule has 32 heavy (non-hydrogen) atoms. The van der Waals surface area contributed by atoms with E-state index >= 15 is 0 Å². The Kier molecular flexibility index (Phi) is 7.64. The van der Waals surface area contributed by atoms with Crippen molar-refractivity contribution in [3.8, 4) is 0 Å². The third-order valence-electron chi connectivity index (χ3n) is 6.67. The zero-order valence-corrected chi connectivity index (χ0v) is 19.6. The zero-order chi connectivity index (χ0) is 22.0. The summed E-state index contributed by atoms with van der Waals surface area (Å²) in [6, 6.07) is 11.5. The van der Waals surface area contributed by atoms with Crippen LogP contribution >= 0.6 is 24.0 Å². The van der Waals surface area contributed by atoms with Gasteiger partial charge in [-0.2, -0.15) is 0 Å². The van der Waals surface area contributed by atoms with Crippen molar-refractivity contribution in [2.45, 2.75) is 37.1 Å². The Hall–Kier alpha value is -2.35. The van der Waals surface area contributed by atoms with Crippen LogP contribution in [0.25, 0.3) is 0 Å². The highest BCUT2D eigenvalue weighted by molar-refractivity contribution is 6.30. The van der Waals surface area contributed by atoms with E-state index in [1.807, 2.05) is 23.1 Å². The average Bonchev–Trinajstić information content (AvgIpc) is 3.20. The van der Waals surface area contributed by atoms with Crippen LogP contribution in [0.5, 0.6) is 0 Å². The van der Waals surface area contributed by atoms with Crippen LogP contribution < -0.4 is 10.6 Å². The quantitative estimate of drug-likeness (QED) is 0.655. The highest BCUT2D eigenvalue weighted by Crippen LogP contribution is 2.41. The minimum atomic E-state index is -0.517. The molecule has 1 saturated carbocycles. The van der Waals surface area contributed by atoms with Crippen LogP contribution in [0.1, 0.15) is 41.7 Å². The van der Waals surface area contributed by atoms with Gasteiger partial charge in [0.1, 0.15) is 5.69 Å². The third kappa shape index (κ3) is 4.56. The normalized spacial score (nSPS) is 23.1. The van der Waals surface area contributed by atoms with E-state index in [0.717, 1.165) is 30.7 Å². The molecule has 4 rings (SSSR count). The highest BCUT2D eigenvalue weighted by Gasteiger charge is 2.41. The topological polar surface area (TPSA) is 88.8 Å². The maximum absolute atomic E-state index is 13.2. The summed E-state index contributed by atoms with van der Waals surface area (Å²) >= 11 is 6.22. The molecule has 0 atom stereocenters. The molecule has 9 heteroatoms. The Morgan fingerprint density at radius 3 is 2.66 bits per heavy atom. The van der Waals surface area contributed by atoms with E-state index in [0.29, 0.717) is 25.3 Å². The number of hydrogen-bond donors (Lipinski definition) is 1. The molecule has 2 aromatic rings. The van der Waals surface area contributed by atoms with E-state index < -0.39 is 5.97 Å². The molecule has 0 radical (unpaired) electrons. The molecule has 7 nitrogen and oxygen atoms in total. The number of methoxy groups -OCH3 is 1. The highest BCUT2D eigenvalue weighted by atomic mass is 35.5. The van der Waals surface area contributed by atoms with E-state index in [1.54, 1.807) is 17.0 Å². The van der Waals surface area contributed by atoms with E-state index in [4.69, 9.17) is 22.1 Å². The molecule has 2 N–H and O–H groups in total. The average molecular weight is 479 g/mol. The maximum Gasteiger partial charge on any atom is 0.356 e. The molecule has 172 valence electrons. The van der Waals surface area contributed by atoms with Gasteiger partial charge in [-0.15, -0.1) is 12.4 Å². The molecule has 0 unspecified atom stereocenters. The number of ether oxygens (including phenoxy) is 1. The van der Waals surface area contributed by atoms with Crippen molar-refractivity contribution in [2.24, 2.45) is 5.73 Å². The zero-order valence-electron chi connectivity index (χ0n) is 18.0. The summed E-state index contributed by atoms with van der Waals surface area (Å²) in [5.41, 5.74) is 8.16. The molecule has 1 aliphatic heterocycles. The first kappa shape index (κ1) is 24.3. The molecular formula is C23H28Cl2N4O3. The standard InChI is InChI=1S/C23H27ClN4O3.ClH/c1-31-21(29)20-14-19(7-10-26-20)28-12-11-27(22(28)30)18-5-8-23(15-25,9-6-18)16-3-2-4-17(24)13-16;/h2-4,7,10,13-14,18H,5-6,8-9,11-12,15,25H2,1H3;1H/t18-,23+;. The Bertz CT molecular complexity index is 979. The van der Waals surface area contributed by atoms with Crippen LogP contribution in [0.15, 0.2) is 42.6 Å². The van der Waals surface area contributed by atoms with Crippen molar-refractivity contribution in [1.82, 2.24) is 9.88 Å². The summed E-state index contributed by atoms with van der Waals surface area (Å²) < 4.78 is 4.74. The number of benzene rings is 1. The van der Waals surface area contributed by atoms with Crippen LogP contribution in [-0.4, -0.2) is 54.7 Å². The minimum Gasteiger partial charge on any atom is -0.464 e. The number of nitrogens with two attached hydrogens (primary N) is 1. The number of carbonyl (C=O) groups excluding carboxylic acids is 2. The smallest absolute Gasteiger partial charge is 0.356 e. The van der Waals surface area contributed by atoms with E-state index in [2.05, 4.69) is 11.1 Å². The molecule has 2 fully saturated rings. The lowest BCUT2D eigenvalue weighted by Gasteiger charge is -2.42.